The zero-order valence-corrected chi connectivity index (χ0v) is 19.9. The number of rotatable bonds is 10. The van der Waals surface area contributed by atoms with Crippen molar-refractivity contribution in [2.75, 3.05) is 45.3 Å². The molecular weight excluding hydrogens is 462 g/mol. The van der Waals surface area contributed by atoms with Crippen LogP contribution in [0, 0.1) is 0 Å². The number of ether oxygens (including phenoxy) is 1. The van der Waals surface area contributed by atoms with Gasteiger partial charge in [0.1, 0.15) is 17.3 Å². The Morgan fingerprint density at radius 3 is 2.69 bits per heavy atom. The van der Waals surface area contributed by atoms with Crippen molar-refractivity contribution in [1.82, 2.24) is 20.2 Å². The van der Waals surface area contributed by atoms with Crippen molar-refractivity contribution in [3.63, 3.8) is 0 Å². The molecule has 6 nitrogen and oxygen atoms in total. The van der Waals surface area contributed by atoms with Crippen LogP contribution in [0.1, 0.15) is 36.3 Å². The van der Waals surface area contributed by atoms with Gasteiger partial charge in [-0.2, -0.15) is 13.2 Å². The van der Waals surface area contributed by atoms with Crippen molar-refractivity contribution >= 4 is 16.7 Å². The number of methoxy groups -OCH3 is 1. The van der Waals surface area contributed by atoms with Gasteiger partial charge >= 0.3 is 6.18 Å². The SMILES string of the molecule is COc1ccc(NCCNCCCF)nc1C1c2[nH]c3ccccc3c2C[C@@H](C)N1CC(F)(F)F. The first-order valence-electron chi connectivity index (χ1n) is 11.8. The van der Waals surface area contributed by atoms with Crippen LogP contribution in [0.25, 0.3) is 10.9 Å². The first kappa shape index (κ1) is 25.2. The molecule has 3 heterocycles. The molecule has 0 aliphatic carbocycles. The highest BCUT2D eigenvalue weighted by Crippen LogP contribution is 2.44. The molecule has 2 aromatic heterocycles. The summed E-state index contributed by atoms with van der Waals surface area (Å²) < 4.78 is 58.9. The topological polar surface area (TPSA) is 65.2 Å². The van der Waals surface area contributed by atoms with Crippen molar-refractivity contribution in [3.8, 4) is 5.75 Å². The zero-order valence-electron chi connectivity index (χ0n) is 19.9. The highest BCUT2D eigenvalue weighted by atomic mass is 19.4. The summed E-state index contributed by atoms with van der Waals surface area (Å²) >= 11 is 0. The molecule has 190 valence electrons. The first-order chi connectivity index (χ1) is 16.8. The number of aromatic nitrogens is 2. The van der Waals surface area contributed by atoms with E-state index in [1.54, 1.807) is 12.1 Å². The number of para-hydroxylation sites is 1. The molecule has 0 radical (unpaired) electrons. The Morgan fingerprint density at radius 1 is 1.14 bits per heavy atom. The van der Waals surface area contributed by atoms with Gasteiger partial charge in [0, 0.05) is 35.7 Å². The third-order valence-corrected chi connectivity index (χ3v) is 6.34. The number of aromatic amines is 1. The normalized spacial score (nSPS) is 18.6. The molecule has 35 heavy (non-hydrogen) atoms. The maximum atomic E-state index is 13.7. The quantitative estimate of drug-likeness (QED) is 0.279. The molecule has 1 aromatic carbocycles. The number of nitrogens with zero attached hydrogens (tertiary/aromatic N) is 2. The van der Waals surface area contributed by atoms with Gasteiger partial charge < -0.3 is 20.4 Å². The molecule has 0 bridgehead atoms. The number of pyridine rings is 1. The Hall–Kier alpha value is -2.85. The predicted octanol–water partition coefficient (Wildman–Crippen LogP) is 4.83. The molecule has 4 rings (SSSR count). The van der Waals surface area contributed by atoms with Crippen LogP contribution in [0.3, 0.4) is 0 Å². The Bertz CT molecular complexity index is 1130. The minimum Gasteiger partial charge on any atom is -0.495 e. The number of hydrogen-bond donors (Lipinski definition) is 3. The van der Waals surface area contributed by atoms with Crippen LogP contribution >= 0.6 is 0 Å². The van der Waals surface area contributed by atoms with Crippen LogP contribution < -0.4 is 15.4 Å². The molecule has 0 amide bonds. The molecule has 3 aromatic rings. The first-order valence-corrected chi connectivity index (χ1v) is 11.8. The van der Waals surface area contributed by atoms with Crippen molar-refractivity contribution in [2.45, 2.75) is 38.0 Å². The van der Waals surface area contributed by atoms with E-state index in [0.29, 0.717) is 55.4 Å². The second-order valence-corrected chi connectivity index (χ2v) is 8.81. The summed E-state index contributed by atoms with van der Waals surface area (Å²) in [7, 11) is 1.49. The Kier molecular flexibility index (Phi) is 7.81. The number of nitrogens with one attached hydrogen (secondary N) is 3. The van der Waals surface area contributed by atoms with Crippen molar-refractivity contribution in [2.24, 2.45) is 0 Å². The van der Waals surface area contributed by atoms with E-state index >= 15 is 0 Å². The average Bonchev–Trinajstić information content (AvgIpc) is 3.19. The molecular formula is C25H31F4N5O. The molecule has 0 saturated heterocycles. The van der Waals surface area contributed by atoms with Crippen LogP contribution in [0.4, 0.5) is 23.4 Å². The smallest absolute Gasteiger partial charge is 0.401 e. The van der Waals surface area contributed by atoms with Gasteiger partial charge in [0.25, 0.3) is 0 Å². The molecule has 1 aliphatic rings. The number of halogens is 4. The number of benzene rings is 1. The summed E-state index contributed by atoms with van der Waals surface area (Å²) in [5, 5.41) is 7.35. The van der Waals surface area contributed by atoms with Gasteiger partial charge in [0.2, 0.25) is 0 Å². The number of hydrogen-bond acceptors (Lipinski definition) is 5. The van der Waals surface area contributed by atoms with Crippen LogP contribution in [0.5, 0.6) is 5.75 Å². The summed E-state index contributed by atoms with van der Waals surface area (Å²) in [6.07, 6.45) is -3.42. The standard InChI is InChI=1S/C25H31F4N5O/c1-16-14-18-17-6-3-4-7-19(17)32-22(18)24(34(16)15-25(27,28)29)23-20(35-2)8-9-21(33-23)31-13-12-30-11-5-10-26/h3-4,6-9,16,24,30,32H,5,10-15H2,1-2H3,(H,31,33)/t16-,24?/m1/s1. The monoisotopic (exact) mass is 493 g/mol. The van der Waals surface area contributed by atoms with Gasteiger partial charge in [0.05, 0.1) is 26.4 Å². The molecule has 0 saturated carbocycles. The molecule has 2 atom stereocenters. The maximum absolute atomic E-state index is 13.7. The molecule has 0 spiro atoms. The van der Waals surface area contributed by atoms with Gasteiger partial charge in [-0.05, 0) is 50.1 Å². The largest absolute Gasteiger partial charge is 0.495 e. The van der Waals surface area contributed by atoms with E-state index in [1.165, 1.54) is 12.0 Å². The van der Waals surface area contributed by atoms with Crippen LogP contribution in [-0.4, -0.2) is 67.0 Å². The minimum atomic E-state index is -4.37. The molecule has 1 unspecified atom stereocenters. The lowest BCUT2D eigenvalue weighted by molar-refractivity contribution is -0.155. The maximum Gasteiger partial charge on any atom is 0.401 e. The summed E-state index contributed by atoms with van der Waals surface area (Å²) in [5.41, 5.74) is 3.03. The highest BCUT2D eigenvalue weighted by Gasteiger charge is 2.43. The van der Waals surface area contributed by atoms with E-state index in [9.17, 15) is 17.6 Å². The molecule has 3 N–H and O–H groups in total. The second kappa shape index (κ2) is 10.8. The van der Waals surface area contributed by atoms with Crippen molar-refractivity contribution in [1.29, 1.82) is 0 Å². The fraction of sp³-hybridized carbons (Fsp3) is 0.480. The van der Waals surface area contributed by atoms with Crippen molar-refractivity contribution < 1.29 is 22.3 Å². The predicted molar refractivity (Wildman–Crippen MR) is 129 cm³/mol. The fourth-order valence-electron chi connectivity index (χ4n) is 4.78. The minimum absolute atomic E-state index is 0.365. The van der Waals surface area contributed by atoms with Gasteiger partial charge in [-0.25, -0.2) is 4.98 Å². The van der Waals surface area contributed by atoms with Crippen LogP contribution in [0.2, 0.25) is 0 Å². The van der Waals surface area contributed by atoms with E-state index in [2.05, 4.69) is 15.6 Å². The summed E-state index contributed by atoms with van der Waals surface area (Å²) in [6, 6.07) is 10.1. The third-order valence-electron chi connectivity index (χ3n) is 6.34. The van der Waals surface area contributed by atoms with Gasteiger partial charge in [-0.15, -0.1) is 0 Å². The Morgan fingerprint density at radius 2 is 1.94 bits per heavy atom. The van der Waals surface area contributed by atoms with E-state index in [1.807, 2.05) is 31.2 Å². The average molecular weight is 494 g/mol. The van der Waals surface area contributed by atoms with E-state index < -0.39 is 18.8 Å². The van der Waals surface area contributed by atoms with Crippen LogP contribution in [-0.2, 0) is 6.42 Å². The Balaban J connectivity index is 1.72. The summed E-state index contributed by atoms with van der Waals surface area (Å²) in [6.45, 7) is 2.12. The summed E-state index contributed by atoms with van der Waals surface area (Å²) in [4.78, 5) is 9.56. The second-order valence-electron chi connectivity index (χ2n) is 8.81. The third kappa shape index (κ3) is 5.70. The van der Waals surface area contributed by atoms with E-state index in [0.717, 1.165) is 16.5 Å². The zero-order chi connectivity index (χ0) is 25.0. The number of anilines is 1. The summed E-state index contributed by atoms with van der Waals surface area (Å²) in [5.74, 6) is 0.962. The van der Waals surface area contributed by atoms with Gasteiger partial charge in [0.15, 0.2) is 0 Å². The molecule has 10 heteroatoms. The van der Waals surface area contributed by atoms with Gasteiger partial charge in [-0.3, -0.25) is 9.29 Å². The highest BCUT2D eigenvalue weighted by molar-refractivity contribution is 5.85. The lowest BCUT2D eigenvalue weighted by Crippen LogP contribution is -2.47. The number of alkyl halides is 4. The molecule has 1 aliphatic heterocycles. The lowest BCUT2D eigenvalue weighted by atomic mass is 9.90. The van der Waals surface area contributed by atoms with Crippen molar-refractivity contribution in [3.05, 3.63) is 53.3 Å². The lowest BCUT2D eigenvalue weighted by Gasteiger charge is -2.41. The number of fused-ring (bicyclic) bond motifs is 3. The van der Waals surface area contributed by atoms with Crippen LogP contribution in [0.15, 0.2) is 36.4 Å². The Labute approximate surface area is 202 Å². The molecule has 0 fully saturated rings. The van der Waals surface area contributed by atoms with Gasteiger partial charge in [-0.1, -0.05) is 18.2 Å². The van der Waals surface area contributed by atoms with E-state index in [4.69, 9.17) is 9.72 Å². The van der Waals surface area contributed by atoms with E-state index in [-0.39, 0.29) is 12.7 Å². The number of H-pyrrole nitrogens is 1. The fourth-order valence-corrected chi connectivity index (χ4v) is 4.78.